The predicted octanol–water partition coefficient (Wildman–Crippen LogP) is 4.56. The molecule has 7 heteroatoms. The molecular weight excluding hydrogens is 394 g/mol. The Morgan fingerprint density at radius 2 is 1.76 bits per heavy atom. The van der Waals surface area contributed by atoms with Crippen molar-refractivity contribution in [3.63, 3.8) is 0 Å². The molecule has 2 aromatic rings. The predicted molar refractivity (Wildman–Crippen MR) is 109 cm³/mol. The van der Waals surface area contributed by atoms with Crippen LogP contribution in [-0.4, -0.2) is 35.5 Å². The van der Waals surface area contributed by atoms with Crippen LogP contribution in [0.3, 0.4) is 0 Å². The standard InChI is InChI=1S/C22H24ClNO5/c1-4-28-21(26)16-11-24(12-18(25)15-7-6-13(3)17(23)10-15)20(22(27)29-5-2)19(16)14-8-9-14/h6-7,10-11,14H,4-5,8-9,12H2,1-3H3. The number of carbonyl (C=O) groups excluding carboxylic acids is 3. The van der Waals surface area contributed by atoms with Gasteiger partial charge in [0.2, 0.25) is 0 Å². The number of esters is 2. The lowest BCUT2D eigenvalue weighted by atomic mass is 10.1. The molecule has 0 spiro atoms. The Kier molecular flexibility index (Phi) is 6.42. The van der Waals surface area contributed by atoms with Gasteiger partial charge in [-0.05, 0) is 51.2 Å². The van der Waals surface area contributed by atoms with Gasteiger partial charge < -0.3 is 14.0 Å². The largest absolute Gasteiger partial charge is 0.462 e. The van der Waals surface area contributed by atoms with E-state index in [0.717, 1.165) is 18.4 Å². The highest BCUT2D eigenvalue weighted by Gasteiger charge is 2.37. The highest BCUT2D eigenvalue weighted by Crippen LogP contribution is 2.44. The molecule has 1 heterocycles. The second-order valence-electron chi connectivity index (χ2n) is 7.04. The molecule has 0 saturated heterocycles. The molecule has 0 N–H and O–H groups in total. The van der Waals surface area contributed by atoms with Gasteiger partial charge in [0.25, 0.3) is 0 Å². The summed E-state index contributed by atoms with van der Waals surface area (Å²) in [7, 11) is 0. The van der Waals surface area contributed by atoms with E-state index in [9.17, 15) is 14.4 Å². The summed E-state index contributed by atoms with van der Waals surface area (Å²) < 4.78 is 11.9. The van der Waals surface area contributed by atoms with Gasteiger partial charge in [0.05, 0.1) is 25.3 Å². The van der Waals surface area contributed by atoms with Crippen molar-refractivity contribution < 1.29 is 23.9 Å². The maximum atomic E-state index is 12.9. The number of hydrogen-bond donors (Lipinski definition) is 0. The fraction of sp³-hybridized carbons (Fsp3) is 0.409. The van der Waals surface area contributed by atoms with Gasteiger partial charge in [-0.2, -0.15) is 0 Å². The van der Waals surface area contributed by atoms with Crippen molar-refractivity contribution in [3.8, 4) is 0 Å². The highest BCUT2D eigenvalue weighted by atomic mass is 35.5. The number of carbonyl (C=O) groups is 3. The molecule has 1 aliphatic rings. The molecule has 154 valence electrons. The number of benzene rings is 1. The summed E-state index contributed by atoms with van der Waals surface area (Å²) in [6.07, 6.45) is 3.29. The Morgan fingerprint density at radius 3 is 2.34 bits per heavy atom. The van der Waals surface area contributed by atoms with Crippen molar-refractivity contribution in [3.05, 3.63) is 57.4 Å². The monoisotopic (exact) mass is 417 g/mol. The first-order valence-electron chi connectivity index (χ1n) is 9.73. The van der Waals surface area contributed by atoms with Crippen LogP contribution in [-0.2, 0) is 16.0 Å². The van der Waals surface area contributed by atoms with Gasteiger partial charge in [-0.3, -0.25) is 4.79 Å². The molecule has 0 atom stereocenters. The lowest BCUT2D eigenvalue weighted by Gasteiger charge is -2.11. The Balaban J connectivity index is 2.02. The molecule has 1 aliphatic carbocycles. The van der Waals surface area contributed by atoms with E-state index >= 15 is 0 Å². The summed E-state index contributed by atoms with van der Waals surface area (Å²) in [6.45, 7) is 5.62. The van der Waals surface area contributed by atoms with E-state index < -0.39 is 11.9 Å². The molecule has 0 aliphatic heterocycles. The van der Waals surface area contributed by atoms with Crippen molar-refractivity contribution in [2.24, 2.45) is 0 Å². The third-order valence-corrected chi connectivity index (χ3v) is 5.28. The minimum absolute atomic E-state index is 0.0963. The van der Waals surface area contributed by atoms with Gasteiger partial charge in [0.15, 0.2) is 5.78 Å². The van der Waals surface area contributed by atoms with Crippen LogP contribution in [0.15, 0.2) is 24.4 Å². The van der Waals surface area contributed by atoms with Crippen LogP contribution in [0.1, 0.15) is 74.9 Å². The molecule has 6 nitrogen and oxygen atoms in total. The Labute approximate surface area is 174 Å². The van der Waals surface area contributed by atoms with E-state index in [1.54, 1.807) is 32.0 Å². The number of nitrogens with zero attached hydrogens (tertiary/aromatic N) is 1. The Morgan fingerprint density at radius 1 is 1.10 bits per heavy atom. The van der Waals surface area contributed by atoms with Crippen molar-refractivity contribution in [1.29, 1.82) is 0 Å². The molecule has 0 radical (unpaired) electrons. The quantitative estimate of drug-likeness (QED) is 0.464. The third-order valence-electron chi connectivity index (χ3n) is 4.87. The van der Waals surface area contributed by atoms with Gasteiger partial charge in [0, 0.05) is 22.3 Å². The normalized spacial score (nSPS) is 13.2. The maximum Gasteiger partial charge on any atom is 0.355 e. The van der Waals surface area contributed by atoms with E-state index in [0.29, 0.717) is 21.7 Å². The number of rotatable bonds is 8. The molecule has 1 aromatic heterocycles. The number of hydrogen-bond acceptors (Lipinski definition) is 5. The molecule has 1 fully saturated rings. The van der Waals surface area contributed by atoms with Crippen LogP contribution < -0.4 is 0 Å². The second-order valence-corrected chi connectivity index (χ2v) is 7.44. The first-order valence-corrected chi connectivity index (χ1v) is 10.1. The topological polar surface area (TPSA) is 74.6 Å². The van der Waals surface area contributed by atoms with Crippen LogP contribution in [0.25, 0.3) is 0 Å². The number of aryl methyl sites for hydroxylation is 1. The van der Waals surface area contributed by atoms with Crippen molar-refractivity contribution in [2.45, 2.75) is 46.1 Å². The number of ketones is 1. The summed E-state index contributed by atoms with van der Waals surface area (Å²) in [5.41, 5.74) is 2.51. The van der Waals surface area contributed by atoms with E-state index in [1.165, 1.54) is 10.8 Å². The number of halogens is 1. The summed E-state index contributed by atoms with van der Waals surface area (Å²) in [5.74, 6) is -1.16. The summed E-state index contributed by atoms with van der Waals surface area (Å²) >= 11 is 6.15. The van der Waals surface area contributed by atoms with Crippen LogP contribution in [0, 0.1) is 6.92 Å². The Hall–Kier alpha value is -2.60. The summed E-state index contributed by atoms with van der Waals surface area (Å²) in [4.78, 5) is 38.1. The Bertz CT molecular complexity index is 958. The minimum atomic E-state index is -0.542. The van der Waals surface area contributed by atoms with Crippen molar-refractivity contribution >= 4 is 29.3 Å². The molecule has 0 amide bonds. The van der Waals surface area contributed by atoms with Gasteiger partial charge in [-0.15, -0.1) is 0 Å². The fourth-order valence-electron chi connectivity index (χ4n) is 3.29. The first kappa shape index (κ1) is 21.1. The lowest BCUT2D eigenvalue weighted by molar-refractivity contribution is 0.0511. The minimum Gasteiger partial charge on any atom is -0.462 e. The smallest absolute Gasteiger partial charge is 0.355 e. The number of ether oxygens (including phenoxy) is 2. The van der Waals surface area contributed by atoms with E-state index in [4.69, 9.17) is 21.1 Å². The van der Waals surface area contributed by atoms with Crippen LogP contribution in [0.4, 0.5) is 0 Å². The SMILES string of the molecule is CCOC(=O)c1cn(CC(=O)c2ccc(C)c(Cl)c2)c(C(=O)OCC)c1C1CC1. The van der Waals surface area contributed by atoms with Gasteiger partial charge in [0.1, 0.15) is 5.69 Å². The molecule has 0 unspecified atom stereocenters. The van der Waals surface area contributed by atoms with Crippen molar-refractivity contribution in [2.75, 3.05) is 13.2 Å². The van der Waals surface area contributed by atoms with Gasteiger partial charge in [-0.25, -0.2) is 9.59 Å². The lowest BCUT2D eigenvalue weighted by Crippen LogP contribution is -2.18. The molecule has 1 aromatic carbocycles. The van der Waals surface area contributed by atoms with Crippen LogP contribution in [0.5, 0.6) is 0 Å². The van der Waals surface area contributed by atoms with Crippen molar-refractivity contribution in [1.82, 2.24) is 4.57 Å². The average molecular weight is 418 g/mol. The zero-order valence-electron chi connectivity index (χ0n) is 16.8. The summed E-state index contributed by atoms with van der Waals surface area (Å²) in [6, 6.07) is 5.09. The zero-order chi connectivity index (χ0) is 21.1. The van der Waals surface area contributed by atoms with E-state index in [-0.39, 0.29) is 37.2 Å². The molecular formula is C22H24ClNO5. The van der Waals surface area contributed by atoms with Crippen LogP contribution in [0.2, 0.25) is 5.02 Å². The molecule has 1 saturated carbocycles. The van der Waals surface area contributed by atoms with Crippen LogP contribution >= 0.6 is 11.6 Å². The van der Waals surface area contributed by atoms with E-state index in [1.807, 2.05) is 6.92 Å². The fourth-order valence-corrected chi connectivity index (χ4v) is 3.47. The molecule has 0 bridgehead atoms. The highest BCUT2D eigenvalue weighted by molar-refractivity contribution is 6.31. The molecule has 3 rings (SSSR count). The molecule has 29 heavy (non-hydrogen) atoms. The number of aromatic nitrogens is 1. The first-order chi connectivity index (χ1) is 13.9. The van der Waals surface area contributed by atoms with Gasteiger partial charge >= 0.3 is 11.9 Å². The average Bonchev–Trinajstić information content (AvgIpc) is 3.45. The van der Waals surface area contributed by atoms with Gasteiger partial charge in [-0.1, -0.05) is 23.7 Å². The third kappa shape index (κ3) is 4.53. The zero-order valence-corrected chi connectivity index (χ0v) is 17.5. The second kappa shape index (κ2) is 8.82. The number of Topliss-reactive ketones (excluding diaryl/α,β-unsaturated/α-hetero) is 1. The summed E-state index contributed by atoms with van der Waals surface area (Å²) in [5, 5.41) is 0.500. The maximum absolute atomic E-state index is 12.9. The van der Waals surface area contributed by atoms with E-state index in [2.05, 4.69) is 0 Å².